The number of benzene rings is 1. The normalized spacial score (nSPS) is 22.1. The number of rotatable bonds is 2. The van der Waals surface area contributed by atoms with Crippen LogP contribution >= 0.6 is 0 Å². The maximum Gasteiger partial charge on any atom is 0.416 e. The molecule has 2 rings (SSSR count). The second-order valence-corrected chi connectivity index (χ2v) is 4.68. The molecule has 1 fully saturated rings. The third-order valence-corrected chi connectivity index (χ3v) is 3.34. The Hall–Kier alpha value is -1.07. The molecule has 2 nitrogen and oxygen atoms in total. The van der Waals surface area contributed by atoms with Crippen molar-refractivity contribution in [3.63, 3.8) is 0 Å². The van der Waals surface area contributed by atoms with Crippen molar-refractivity contribution in [3.05, 3.63) is 35.4 Å². The fourth-order valence-electron chi connectivity index (χ4n) is 2.27. The van der Waals surface area contributed by atoms with E-state index in [0.717, 1.165) is 25.7 Å². The monoisotopic (exact) mass is 258 g/mol. The van der Waals surface area contributed by atoms with Crippen LogP contribution in [-0.2, 0) is 12.7 Å². The van der Waals surface area contributed by atoms with Gasteiger partial charge in [0, 0.05) is 32.2 Å². The lowest BCUT2D eigenvalue weighted by Crippen LogP contribution is -2.49. The Morgan fingerprint density at radius 2 is 2.06 bits per heavy atom. The van der Waals surface area contributed by atoms with Crippen LogP contribution in [0.25, 0.3) is 0 Å². The second-order valence-electron chi connectivity index (χ2n) is 4.68. The maximum atomic E-state index is 12.9. The summed E-state index contributed by atoms with van der Waals surface area (Å²) in [5.74, 6) is 0. The fraction of sp³-hybridized carbons (Fsp3) is 0.538. The summed E-state index contributed by atoms with van der Waals surface area (Å²) in [6, 6.07) is 6.09. The molecule has 1 aromatic rings. The van der Waals surface area contributed by atoms with E-state index in [1.54, 1.807) is 12.1 Å². The molecule has 1 atom stereocenters. The summed E-state index contributed by atoms with van der Waals surface area (Å²) in [4.78, 5) is 2.08. The van der Waals surface area contributed by atoms with Gasteiger partial charge in [-0.2, -0.15) is 13.2 Å². The lowest BCUT2D eigenvalue weighted by atomic mass is 10.1. The number of hydrogen-bond donors (Lipinski definition) is 1. The van der Waals surface area contributed by atoms with E-state index in [-0.39, 0.29) is 6.04 Å². The third kappa shape index (κ3) is 3.03. The molecule has 0 spiro atoms. The van der Waals surface area contributed by atoms with Gasteiger partial charge >= 0.3 is 6.18 Å². The number of piperazine rings is 1. The van der Waals surface area contributed by atoms with Gasteiger partial charge in [0.2, 0.25) is 0 Å². The summed E-state index contributed by atoms with van der Waals surface area (Å²) in [6.07, 6.45) is -4.27. The summed E-state index contributed by atoms with van der Waals surface area (Å²) in [6.45, 7) is 4.83. The molecular formula is C13H17F3N2. The van der Waals surface area contributed by atoms with E-state index in [2.05, 4.69) is 10.2 Å². The molecule has 1 aromatic carbocycles. The van der Waals surface area contributed by atoms with E-state index < -0.39 is 11.7 Å². The van der Waals surface area contributed by atoms with Gasteiger partial charge in [0.05, 0.1) is 5.56 Å². The van der Waals surface area contributed by atoms with Crippen LogP contribution in [0.15, 0.2) is 24.3 Å². The number of halogens is 3. The Bertz CT molecular complexity index is 403. The predicted octanol–water partition coefficient (Wildman–Crippen LogP) is 2.50. The molecule has 0 saturated carbocycles. The van der Waals surface area contributed by atoms with Gasteiger partial charge in [-0.25, -0.2) is 0 Å². The van der Waals surface area contributed by atoms with E-state index in [1.807, 2.05) is 6.92 Å². The topological polar surface area (TPSA) is 15.3 Å². The van der Waals surface area contributed by atoms with Gasteiger partial charge < -0.3 is 5.32 Å². The van der Waals surface area contributed by atoms with Crippen molar-refractivity contribution in [1.29, 1.82) is 0 Å². The lowest BCUT2D eigenvalue weighted by molar-refractivity contribution is -0.138. The van der Waals surface area contributed by atoms with Crippen molar-refractivity contribution in [1.82, 2.24) is 10.2 Å². The number of nitrogens with zero attached hydrogens (tertiary/aromatic N) is 1. The van der Waals surface area contributed by atoms with Gasteiger partial charge in [0.1, 0.15) is 0 Å². The van der Waals surface area contributed by atoms with Gasteiger partial charge in [-0.05, 0) is 18.6 Å². The zero-order valence-electron chi connectivity index (χ0n) is 10.3. The summed E-state index contributed by atoms with van der Waals surface area (Å²) in [7, 11) is 0. The molecule has 0 bridgehead atoms. The lowest BCUT2D eigenvalue weighted by Gasteiger charge is -2.34. The van der Waals surface area contributed by atoms with Crippen LogP contribution in [0.5, 0.6) is 0 Å². The van der Waals surface area contributed by atoms with Crippen molar-refractivity contribution in [2.24, 2.45) is 0 Å². The number of hydrogen-bond acceptors (Lipinski definition) is 2. The van der Waals surface area contributed by atoms with Crippen LogP contribution in [0.3, 0.4) is 0 Å². The highest BCUT2D eigenvalue weighted by atomic mass is 19.4. The SMILES string of the molecule is C[C@@H]1CNCCN1Cc1ccccc1C(F)(F)F. The molecule has 1 aliphatic heterocycles. The van der Waals surface area contributed by atoms with E-state index in [1.165, 1.54) is 6.07 Å². The smallest absolute Gasteiger partial charge is 0.314 e. The zero-order chi connectivity index (χ0) is 13.2. The minimum Gasteiger partial charge on any atom is -0.314 e. The van der Waals surface area contributed by atoms with Gasteiger partial charge in [0.15, 0.2) is 0 Å². The standard InChI is InChI=1S/C13H17F3N2/c1-10-8-17-6-7-18(10)9-11-4-2-3-5-12(11)13(14,15)16/h2-5,10,17H,6-9H2,1H3/t10-/m1/s1. The van der Waals surface area contributed by atoms with Crippen LogP contribution < -0.4 is 5.32 Å². The molecule has 1 aliphatic rings. The molecule has 100 valence electrons. The van der Waals surface area contributed by atoms with Crippen LogP contribution in [0.1, 0.15) is 18.1 Å². The van der Waals surface area contributed by atoms with Crippen LogP contribution in [0.2, 0.25) is 0 Å². The van der Waals surface area contributed by atoms with E-state index in [9.17, 15) is 13.2 Å². The average Bonchev–Trinajstić information content (AvgIpc) is 2.31. The Labute approximate surface area is 105 Å². The fourth-order valence-corrected chi connectivity index (χ4v) is 2.27. The van der Waals surface area contributed by atoms with Crippen LogP contribution in [0, 0.1) is 0 Å². The molecule has 0 radical (unpaired) electrons. The molecule has 0 aliphatic carbocycles. The van der Waals surface area contributed by atoms with E-state index in [0.29, 0.717) is 12.1 Å². The second kappa shape index (κ2) is 5.28. The summed E-state index contributed by atoms with van der Waals surface area (Å²) < 4.78 is 38.6. The number of nitrogens with one attached hydrogen (secondary N) is 1. The maximum absolute atomic E-state index is 12.9. The Kier molecular flexibility index (Phi) is 3.92. The third-order valence-electron chi connectivity index (χ3n) is 3.34. The first-order chi connectivity index (χ1) is 8.48. The van der Waals surface area contributed by atoms with Gasteiger partial charge in [-0.15, -0.1) is 0 Å². The first-order valence-corrected chi connectivity index (χ1v) is 6.08. The summed E-state index contributed by atoms with van der Waals surface area (Å²) in [5, 5.41) is 3.23. The van der Waals surface area contributed by atoms with E-state index in [4.69, 9.17) is 0 Å². The molecular weight excluding hydrogens is 241 g/mol. The van der Waals surface area contributed by atoms with Crippen molar-refractivity contribution in [2.45, 2.75) is 25.7 Å². The minimum atomic E-state index is -4.27. The highest BCUT2D eigenvalue weighted by Crippen LogP contribution is 2.32. The zero-order valence-corrected chi connectivity index (χ0v) is 10.3. The predicted molar refractivity (Wildman–Crippen MR) is 64.2 cm³/mol. The van der Waals surface area contributed by atoms with Gasteiger partial charge in [-0.1, -0.05) is 18.2 Å². The molecule has 0 aromatic heterocycles. The van der Waals surface area contributed by atoms with Crippen molar-refractivity contribution >= 4 is 0 Å². The molecule has 1 N–H and O–H groups in total. The summed E-state index contributed by atoms with van der Waals surface area (Å²) >= 11 is 0. The van der Waals surface area contributed by atoms with Crippen molar-refractivity contribution in [3.8, 4) is 0 Å². The van der Waals surface area contributed by atoms with Gasteiger partial charge in [-0.3, -0.25) is 4.90 Å². The van der Waals surface area contributed by atoms with Crippen LogP contribution in [0.4, 0.5) is 13.2 Å². The van der Waals surface area contributed by atoms with Crippen LogP contribution in [-0.4, -0.2) is 30.6 Å². The first kappa shape index (κ1) is 13.4. The molecule has 5 heteroatoms. The van der Waals surface area contributed by atoms with Crippen molar-refractivity contribution < 1.29 is 13.2 Å². The molecule has 1 heterocycles. The Balaban J connectivity index is 2.18. The first-order valence-electron chi connectivity index (χ1n) is 6.08. The summed E-state index contributed by atoms with van der Waals surface area (Å²) in [5.41, 5.74) is -0.158. The Morgan fingerprint density at radius 3 is 2.72 bits per heavy atom. The molecule has 0 amide bonds. The number of alkyl halides is 3. The van der Waals surface area contributed by atoms with E-state index >= 15 is 0 Å². The quantitative estimate of drug-likeness (QED) is 0.876. The van der Waals surface area contributed by atoms with Crippen molar-refractivity contribution in [2.75, 3.05) is 19.6 Å². The minimum absolute atomic E-state index is 0.264. The highest BCUT2D eigenvalue weighted by molar-refractivity contribution is 5.29. The average molecular weight is 258 g/mol. The molecule has 18 heavy (non-hydrogen) atoms. The molecule has 1 saturated heterocycles. The largest absolute Gasteiger partial charge is 0.416 e. The molecule has 0 unspecified atom stereocenters. The van der Waals surface area contributed by atoms with Gasteiger partial charge in [0.25, 0.3) is 0 Å². The highest BCUT2D eigenvalue weighted by Gasteiger charge is 2.33. The Morgan fingerprint density at radius 1 is 1.33 bits per heavy atom.